The van der Waals surface area contributed by atoms with Crippen LogP contribution in [0.1, 0.15) is 38.1 Å². The van der Waals surface area contributed by atoms with Crippen molar-refractivity contribution in [2.75, 3.05) is 0 Å². The van der Waals surface area contributed by atoms with Gasteiger partial charge in [0.25, 0.3) is 5.91 Å². The second-order valence-electron chi connectivity index (χ2n) is 5.87. The molecular weight excluding hydrogens is 335 g/mol. The van der Waals surface area contributed by atoms with Gasteiger partial charge in [-0.2, -0.15) is 0 Å². The van der Waals surface area contributed by atoms with E-state index in [4.69, 9.17) is 28.3 Å². The first-order valence-corrected chi connectivity index (χ1v) is 8.47. The zero-order chi connectivity index (χ0) is 16.6. The third kappa shape index (κ3) is 4.57. The smallest absolute Gasteiger partial charge is 0.253 e. The largest absolute Gasteiger partial charge is 0.349 e. The first-order valence-electron chi connectivity index (χ1n) is 6.16. The minimum Gasteiger partial charge on any atom is -0.349 e. The molecule has 5 nitrogen and oxygen atoms in total. The monoisotopic (exact) mass is 352 g/mol. The van der Waals surface area contributed by atoms with Crippen molar-refractivity contribution in [3.63, 3.8) is 0 Å². The third-order valence-corrected chi connectivity index (χ3v) is 4.91. The van der Waals surface area contributed by atoms with Gasteiger partial charge in [0.2, 0.25) is 10.0 Å². The predicted molar refractivity (Wildman–Crippen MR) is 84.2 cm³/mol. The SMILES string of the molecule is CC(NC(=O)c1cc(S(N)(=O)=O)c(Cl)cc1Cl)C(C)(C)C. The molecule has 0 aliphatic heterocycles. The predicted octanol–water partition coefficient (Wildman–Crippen LogP) is 2.81. The number of halogens is 2. The van der Waals surface area contributed by atoms with Gasteiger partial charge in [0, 0.05) is 6.04 Å². The third-order valence-electron chi connectivity index (χ3n) is 3.22. The van der Waals surface area contributed by atoms with Crippen molar-refractivity contribution in [1.82, 2.24) is 5.32 Å². The van der Waals surface area contributed by atoms with Crippen LogP contribution in [0.3, 0.4) is 0 Å². The fraction of sp³-hybridized carbons (Fsp3) is 0.462. The molecule has 1 aromatic carbocycles. The van der Waals surface area contributed by atoms with E-state index < -0.39 is 15.9 Å². The Morgan fingerprint density at radius 1 is 1.24 bits per heavy atom. The van der Waals surface area contributed by atoms with E-state index in [1.165, 1.54) is 6.07 Å². The van der Waals surface area contributed by atoms with Crippen LogP contribution in [0, 0.1) is 5.41 Å². The first kappa shape index (κ1) is 18.2. The van der Waals surface area contributed by atoms with Crippen molar-refractivity contribution in [2.24, 2.45) is 10.6 Å². The molecule has 0 saturated heterocycles. The van der Waals surface area contributed by atoms with Gasteiger partial charge in [-0.15, -0.1) is 0 Å². The summed E-state index contributed by atoms with van der Waals surface area (Å²) in [6.45, 7) is 7.76. The lowest BCUT2D eigenvalue weighted by Gasteiger charge is -2.28. The summed E-state index contributed by atoms with van der Waals surface area (Å²) in [6.07, 6.45) is 0. The van der Waals surface area contributed by atoms with Crippen molar-refractivity contribution in [3.8, 4) is 0 Å². The topological polar surface area (TPSA) is 89.3 Å². The van der Waals surface area contributed by atoms with E-state index in [0.29, 0.717) is 0 Å². The number of rotatable bonds is 3. The van der Waals surface area contributed by atoms with E-state index in [-0.39, 0.29) is 32.0 Å². The number of carbonyl (C=O) groups is 1. The molecule has 1 rings (SSSR count). The highest BCUT2D eigenvalue weighted by atomic mass is 35.5. The first-order chi connectivity index (χ1) is 9.34. The molecular formula is C13H18Cl2N2O3S. The lowest BCUT2D eigenvalue weighted by atomic mass is 9.88. The maximum atomic E-state index is 12.2. The van der Waals surface area contributed by atoms with Crippen molar-refractivity contribution < 1.29 is 13.2 Å². The average Bonchev–Trinajstić information content (AvgIpc) is 2.25. The molecule has 3 N–H and O–H groups in total. The molecule has 0 radical (unpaired) electrons. The molecule has 0 heterocycles. The summed E-state index contributed by atoms with van der Waals surface area (Å²) in [5.74, 6) is -0.482. The summed E-state index contributed by atoms with van der Waals surface area (Å²) in [6, 6.07) is 2.14. The molecule has 1 amide bonds. The van der Waals surface area contributed by atoms with E-state index in [0.717, 1.165) is 6.07 Å². The summed E-state index contributed by atoms with van der Waals surface area (Å²) in [5, 5.41) is 7.77. The Morgan fingerprint density at radius 2 is 1.76 bits per heavy atom. The molecule has 0 aromatic heterocycles. The highest BCUT2D eigenvalue weighted by Gasteiger charge is 2.25. The Hall–Kier alpha value is -0.820. The fourth-order valence-electron chi connectivity index (χ4n) is 1.41. The number of nitrogens with one attached hydrogen (secondary N) is 1. The highest BCUT2D eigenvalue weighted by Crippen LogP contribution is 2.28. The van der Waals surface area contributed by atoms with E-state index in [1.807, 2.05) is 27.7 Å². The zero-order valence-electron chi connectivity index (χ0n) is 12.2. The van der Waals surface area contributed by atoms with Gasteiger partial charge in [-0.1, -0.05) is 44.0 Å². The molecule has 8 heteroatoms. The van der Waals surface area contributed by atoms with Crippen LogP contribution in [0.5, 0.6) is 0 Å². The fourth-order valence-corrected chi connectivity index (χ4v) is 2.82. The van der Waals surface area contributed by atoms with E-state index in [9.17, 15) is 13.2 Å². The molecule has 0 aliphatic rings. The standard InChI is InChI=1S/C13H18Cl2N2O3S/c1-7(13(2,3)4)17-12(18)8-5-11(21(16,19)20)10(15)6-9(8)14/h5-7H,1-4H3,(H,17,18)(H2,16,19,20). The Morgan fingerprint density at radius 3 is 2.19 bits per heavy atom. The Balaban J connectivity index is 3.23. The van der Waals surface area contributed by atoms with Crippen LogP contribution >= 0.6 is 23.2 Å². The minimum absolute atomic E-state index is 0.0150. The number of hydrogen-bond acceptors (Lipinski definition) is 3. The quantitative estimate of drug-likeness (QED) is 0.876. The summed E-state index contributed by atoms with van der Waals surface area (Å²) in [7, 11) is -4.03. The molecule has 0 saturated carbocycles. The maximum Gasteiger partial charge on any atom is 0.253 e. The number of nitrogens with two attached hydrogens (primary N) is 1. The molecule has 1 atom stereocenters. The van der Waals surface area contributed by atoms with Gasteiger partial charge >= 0.3 is 0 Å². The number of sulfonamides is 1. The van der Waals surface area contributed by atoms with Gasteiger partial charge in [-0.25, -0.2) is 13.6 Å². The zero-order valence-corrected chi connectivity index (χ0v) is 14.5. The molecule has 0 fully saturated rings. The molecule has 0 aliphatic carbocycles. The van der Waals surface area contributed by atoms with Crippen LogP contribution < -0.4 is 10.5 Å². The molecule has 0 bridgehead atoms. The number of benzene rings is 1. The molecule has 1 unspecified atom stereocenters. The van der Waals surface area contributed by atoms with Crippen molar-refractivity contribution in [2.45, 2.75) is 38.6 Å². The summed E-state index contributed by atoms with van der Waals surface area (Å²) < 4.78 is 22.9. The Kier molecular flexibility index (Phi) is 5.31. The minimum atomic E-state index is -4.03. The summed E-state index contributed by atoms with van der Waals surface area (Å²) in [4.78, 5) is 11.9. The lowest BCUT2D eigenvalue weighted by Crippen LogP contribution is -2.41. The number of carbonyl (C=O) groups excluding carboxylic acids is 1. The number of hydrogen-bond donors (Lipinski definition) is 2. The molecule has 118 valence electrons. The normalized spacial score (nSPS) is 13.9. The van der Waals surface area contributed by atoms with Gasteiger partial charge in [0.15, 0.2) is 0 Å². The summed E-state index contributed by atoms with van der Waals surface area (Å²) >= 11 is 11.8. The molecule has 21 heavy (non-hydrogen) atoms. The Bertz CT molecular complexity index is 667. The van der Waals surface area contributed by atoms with Gasteiger partial charge in [0.05, 0.1) is 15.6 Å². The van der Waals surface area contributed by atoms with E-state index in [1.54, 1.807) is 0 Å². The van der Waals surface area contributed by atoms with E-state index in [2.05, 4.69) is 5.32 Å². The van der Waals surface area contributed by atoms with Crippen LogP contribution in [-0.2, 0) is 10.0 Å². The number of amides is 1. The van der Waals surface area contributed by atoms with Crippen LogP contribution in [0.25, 0.3) is 0 Å². The van der Waals surface area contributed by atoms with Crippen molar-refractivity contribution in [1.29, 1.82) is 0 Å². The maximum absolute atomic E-state index is 12.2. The number of primary sulfonamides is 1. The summed E-state index contributed by atoms with van der Waals surface area (Å²) in [5.41, 5.74) is -0.140. The van der Waals surface area contributed by atoms with Gasteiger partial charge in [0.1, 0.15) is 4.90 Å². The van der Waals surface area contributed by atoms with Crippen LogP contribution in [0.4, 0.5) is 0 Å². The lowest BCUT2D eigenvalue weighted by molar-refractivity contribution is 0.0910. The molecule has 0 spiro atoms. The molecule has 1 aromatic rings. The van der Waals surface area contributed by atoms with E-state index >= 15 is 0 Å². The van der Waals surface area contributed by atoms with Gasteiger partial charge in [-0.3, -0.25) is 4.79 Å². The average molecular weight is 353 g/mol. The van der Waals surface area contributed by atoms with Gasteiger partial charge in [-0.05, 0) is 24.5 Å². The van der Waals surface area contributed by atoms with Crippen molar-refractivity contribution >= 4 is 39.1 Å². The highest BCUT2D eigenvalue weighted by molar-refractivity contribution is 7.89. The van der Waals surface area contributed by atoms with Crippen molar-refractivity contribution in [3.05, 3.63) is 27.7 Å². The Labute approximate surface area is 134 Å². The van der Waals surface area contributed by atoms with Gasteiger partial charge < -0.3 is 5.32 Å². The van der Waals surface area contributed by atoms with Crippen LogP contribution in [-0.4, -0.2) is 20.4 Å². The second kappa shape index (κ2) is 6.12. The second-order valence-corrected chi connectivity index (χ2v) is 8.21. The van der Waals surface area contributed by atoms with Crippen LogP contribution in [0.2, 0.25) is 10.0 Å². The van der Waals surface area contributed by atoms with Crippen LogP contribution in [0.15, 0.2) is 17.0 Å².